The van der Waals surface area contributed by atoms with Crippen LogP contribution >= 0.6 is 0 Å². The number of benzene rings is 1. The third kappa shape index (κ3) is 6.35. The maximum absolute atomic E-state index is 5.42. The van der Waals surface area contributed by atoms with Crippen molar-refractivity contribution in [2.24, 2.45) is 4.99 Å². The van der Waals surface area contributed by atoms with E-state index in [0.29, 0.717) is 13.1 Å². The highest BCUT2D eigenvalue weighted by molar-refractivity contribution is 5.79. The Morgan fingerprint density at radius 2 is 2.00 bits per heavy atom. The van der Waals surface area contributed by atoms with E-state index < -0.39 is 0 Å². The van der Waals surface area contributed by atoms with Crippen LogP contribution in [0.15, 0.2) is 29.3 Å². The lowest BCUT2D eigenvalue weighted by molar-refractivity contribution is 0.0268. The summed E-state index contributed by atoms with van der Waals surface area (Å²) in [7, 11) is 5.81. The molecule has 1 aromatic carbocycles. The standard InChI is InChI=1S/C17H30N4O/c1-7-18-16(20-13-17(2,3)22-6)19-12-14-9-8-10-15(11-14)21(4)5/h8-11H,7,12-13H2,1-6H3,(H2,18,19,20). The van der Waals surface area contributed by atoms with E-state index in [4.69, 9.17) is 4.74 Å². The predicted molar refractivity (Wildman–Crippen MR) is 94.7 cm³/mol. The molecule has 0 aliphatic heterocycles. The first-order valence-corrected chi connectivity index (χ1v) is 7.71. The average Bonchev–Trinajstić information content (AvgIpc) is 2.50. The van der Waals surface area contributed by atoms with E-state index in [1.165, 1.54) is 11.3 Å². The lowest BCUT2D eigenvalue weighted by Gasteiger charge is -2.24. The van der Waals surface area contributed by atoms with E-state index in [2.05, 4.69) is 51.7 Å². The molecule has 5 heteroatoms. The fourth-order valence-corrected chi connectivity index (χ4v) is 1.81. The van der Waals surface area contributed by atoms with Crippen molar-refractivity contribution in [1.82, 2.24) is 10.6 Å². The SMILES string of the molecule is CCNC(=NCc1cccc(N(C)C)c1)NCC(C)(C)OC. The van der Waals surface area contributed by atoms with Gasteiger partial charge in [0.2, 0.25) is 0 Å². The van der Waals surface area contributed by atoms with Crippen LogP contribution in [0.3, 0.4) is 0 Å². The Hall–Kier alpha value is -1.75. The minimum atomic E-state index is -0.221. The van der Waals surface area contributed by atoms with Gasteiger partial charge in [-0.2, -0.15) is 0 Å². The van der Waals surface area contributed by atoms with Crippen molar-refractivity contribution >= 4 is 11.6 Å². The molecule has 0 aliphatic rings. The monoisotopic (exact) mass is 306 g/mol. The summed E-state index contributed by atoms with van der Waals surface area (Å²) in [5.41, 5.74) is 2.15. The molecular weight excluding hydrogens is 276 g/mol. The first-order valence-electron chi connectivity index (χ1n) is 7.71. The topological polar surface area (TPSA) is 48.9 Å². The Balaban J connectivity index is 2.71. The van der Waals surface area contributed by atoms with Crippen molar-refractivity contribution in [3.05, 3.63) is 29.8 Å². The molecule has 0 fully saturated rings. The molecule has 0 atom stereocenters. The Morgan fingerprint density at radius 1 is 1.27 bits per heavy atom. The highest BCUT2D eigenvalue weighted by Crippen LogP contribution is 2.14. The van der Waals surface area contributed by atoms with Crippen LogP contribution in [0.4, 0.5) is 5.69 Å². The second-order valence-electron chi connectivity index (χ2n) is 6.08. The maximum atomic E-state index is 5.42. The number of ether oxygens (including phenoxy) is 1. The summed E-state index contributed by atoms with van der Waals surface area (Å²) in [6, 6.07) is 8.41. The number of hydrogen-bond donors (Lipinski definition) is 2. The van der Waals surface area contributed by atoms with Gasteiger partial charge in [-0.05, 0) is 38.5 Å². The van der Waals surface area contributed by atoms with Crippen molar-refractivity contribution in [3.63, 3.8) is 0 Å². The van der Waals surface area contributed by atoms with Crippen molar-refractivity contribution in [1.29, 1.82) is 0 Å². The highest BCUT2D eigenvalue weighted by atomic mass is 16.5. The molecule has 124 valence electrons. The van der Waals surface area contributed by atoms with E-state index in [1.54, 1.807) is 7.11 Å². The van der Waals surface area contributed by atoms with Gasteiger partial charge in [-0.1, -0.05) is 12.1 Å². The van der Waals surface area contributed by atoms with Gasteiger partial charge in [0.05, 0.1) is 12.1 Å². The largest absolute Gasteiger partial charge is 0.378 e. The third-order valence-electron chi connectivity index (χ3n) is 3.43. The molecule has 0 aromatic heterocycles. The number of hydrogen-bond acceptors (Lipinski definition) is 3. The van der Waals surface area contributed by atoms with Crippen LogP contribution in [-0.2, 0) is 11.3 Å². The summed E-state index contributed by atoms with van der Waals surface area (Å²) in [6.07, 6.45) is 0. The fourth-order valence-electron chi connectivity index (χ4n) is 1.81. The lowest BCUT2D eigenvalue weighted by Crippen LogP contribution is -2.45. The van der Waals surface area contributed by atoms with Crippen LogP contribution < -0.4 is 15.5 Å². The fraction of sp³-hybridized carbons (Fsp3) is 0.588. The predicted octanol–water partition coefficient (Wildman–Crippen LogP) is 2.23. The number of nitrogens with zero attached hydrogens (tertiary/aromatic N) is 2. The Bertz CT molecular complexity index is 483. The van der Waals surface area contributed by atoms with Crippen molar-refractivity contribution in [3.8, 4) is 0 Å². The van der Waals surface area contributed by atoms with Gasteiger partial charge in [0.1, 0.15) is 0 Å². The van der Waals surface area contributed by atoms with E-state index in [1.807, 2.05) is 27.9 Å². The average molecular weight is 306 g/mol. The van der Waals surface area contributed by atoms with Gasteiger partial charge < -0.3 is 20.3 Å². The number of methoxy groups -OCH3 is 1. The Labute approximate surface area is 134 Å². The molecule has 0 amide bonds. The van der Waals surface area contributed by atoms with Crippen molar-refractivity contribution in [2.75, 3.05) is 39.2 Å². The minimum absolute atomic E-state index is 0.221. The number of aliphatic imine (C=N–C) groups is 1. The van der Waals surface area contributed by atoms with Crippen LogP contribution in [0, 0.1) is 0 Å². The van der Waals surface area contributed by atoms with Crippen LogP contribution in [0.5, 0.6) is 0 Å². The van der Waals surface area contributed by atoms with Gasteiger partial charge in [0.15, 0.2) is 5.96 Å². The molecule has 5 nitrogen and oxygen atoms in total. The molecular formula is C17H30N4O. The Morgan fingerprint density at radius 3 is 2.59 bits per heavy atom. The molecule has 22 heavy (non-hydrogen) atoms. The first kappa shape index (κ1) is 18.3. The summed E-state index contributed by atoms with van der Waals surface area (Å²) < 4.78 is 5.42. The molecule has 0 saturated heterocycles. The van der Waals surface area contributed by atoms with Gasteiger partial charge in [-0.25, -0.2) is 4.99 Å². The van der Waals surface area contributed by atoms with Gasteiger partial charge >= 0.3 is 0 Å². The van der Waals surface area contributed by atoms with E-state index in [-0.39, 0.29) is 5.60 Å². The summed E-state index contributed by atoms with van der Waals surface area (Å²) in [6.45, 7) is 8.33. The van der Waals surface area contributed by atoms with Crippen LogP contribution in [0.1, 0.15) is 26.3 Å². The third-order valence-corrected chi connectivity index (χ3v) is 3.43. The molecule has 0 radical (unpaired) electrons. The molecule has 1 aromatic rings. The second-order valence-corrected chi connectivity index (χ2v) is 6.08. The molecule has 0 bridgehead atoms. The summed E-state index contributed by atoms with van der Waals surface area (Å²) in [4.78, 5) is 6.74. The normalized spacial score (nSPS) is 12.2. The van der Waals surface area contributed by atoms with Gasteiger partial charge in [0.25, 0.3) is 0 Å². The summed E-state index contributed by atoms with van der Waals surface area (Å²) >= 11 is 0. The molecule has 0 unspecified atom stereocenters. The maximum Gasteiger partial charge on any atom is 0.191 e. The van der Waals surface area contributed by atoms with Crippen molar-refractivity contribution < 1.29 is 4.74 Å². The zero-order chi connectivity index (χ0) is 16.6. The molecule has 0 aliphatic carbocycles. The van der Waals surface area contributed by atoms with Crippen LogP contribution in [0.2, 0.25) is 0 Å². The zero-order valence-corrected chi connectivity index (χ0v) is 14.7. The summed E-state index contributed by atoms with van der Waals surface area (Å²) in [5, 5.41) is 6.58. The molecule has 1 rings (SSSR count). The molecule has 0 spiro atoms. The number of guanidine groups is 1. The zero-order valence-electron chi connectivity index (χ0n) is 14.7. The first-order chi connectivity index (χ1) is 10.4. The van der Waals surface area contributed by atoms with Gasteiger partial charge in [-0.3, -0.25) is 0 Å². The van der Waals surface area contributed by atoms with Crippen LogP contribution in [0.25, 0.3) is 0 Å². The highest BCUT2D eigenvalue weighted by Gasteiger charge is 2.16. The quantitative estimate of drug-likeness (QED) is 0.599. The van der Waals surface area contributed by atoms with E-state index >= 15 is 0 Å². The number of nitrogens with one attached hydrogen (secondary N) is 2. The Kier molecular flexibility index (Phi) is 7.18. The van der Waals surface area contributed by atoms with Gasteiger partial charge in [-0.15, -0.1) is 0 Å². The summed E-state index contributed by atoms with van der Waals surface area (Å²) in [5.74, 6) is 0.808. The van der Waals surface area contributed by atoms with Crippen LogP contribution in [-0.4, -0.2) is 45.9 Å². The molecule has 0 saturated carbocycles. The van der Waals surface area contributed by atoms with E-state index in [0.717, 1.165) is 12.5 Å². The number of anilines is 1. The second kappa shape index (κ2) is 8.63. The number of rotatable bonds is 7. The van der Waals surface area contributed by atoms with E-state index in [9.17, 15) is 0 Å². The smallest absolute Gasteiger partial charge is 0.191 e. The van der Waals surface area contributed by atoms with Gasteiger partial charge in [0, 0.05) is 40.0 Å². The van der Waals surface area contributed by atoms with Crippen molar-refractivity contribution in [2.45, 2.75) is 32.9 Å². The minimum Gasteiger partial charge on any atom is -0.378 e. The molecule has 0 heterocycles. The lowest BCUT2D eigenvalue weighted by atomic mass is 10.1. The molecule has 2 N–H and O–H groups in total.